The van der Waals surface area contributed by atoms with Gasteiger partial charge in [0.05, 0.1) is 5.69 Å². The number of aromatic nitrogens is 1. The Labute approximate surface area is 105 Å². The normalized spacial score (nSPS) is 17.8. The number of carbonyl (C=O) groups is 1. The van der Waals surface area contributed by atoms with Gasteiger partial charge in [0.1, 0.15) is 15.5 Å². The van der Waals surface area contributed by atoms with Gasteiger partial charge in [-0.25, -0.2) is 9.78 Å². The zero-order valence-corrected chi connectivity index (χ0v) is 11.0. The maximum Gasteiger partial charge on any atom is 0.347 e. The Bertz CT molecular complexity index is 418. The number of carboxylic acids is 1. The van der Waals surface area contributed by atoms with Gasteiger partial charge in [-0.05, 0) is 25.7 Å². The number of ether oxygens (including phenoxy) is 1. The summed E-state index contributed by atoms with van der Waals surface area (Å²) in [5.41, 5.74) is 0.407. The second kappa shape index (κ2) is 4.74. The van der Waals surface area contributed by atoms with E-state index in [2.05, 4.69) is 4.98 Å². The van der Waals surface area contributed by atoms with Crippen molar-refractivity contribution in [1.29, 1.82) is 0 Å². The van der Waals surface area contributed by atoms with Crippen LogP contribution >= 0.6 is 11.3 Å². The number of aromatic carboxylic acids is 1. The molecule has 1 aromatic heterocycles. The predicted octanol–water partition coefficient (Wildman–Crippen LogP) is 2.82. The fourth-order valence-electron chi connectivity index (χ4n) is 2.12. The Hall–Kier alpha value is -0.940. The lowest BCUT2D eigenvalue weighted by atomic mass is 9.80. The number of nitrogens with zero attached hydrogens (tertiary/aromatic N) is 1. The van der Waals surface area contributed by atoms with Crippen LogP contribution in [-0.4, -0.2) is 23.2 Å². The van der Waals surface area contributed by atoms with E-state index in [1.165, 1.54) is 11.3 Å². The third-order valence-corrected chi connectivity index (χ3v) is 4.59. The average Bonchev–Trinajstić information content (AvgIpc) is 2.62. The SMILES string of the molecule is CCCc1nc(C2(OC)CCC2)sc1C(=O)O. The van der Waals surface area contributed by atoms with E-state index >= 15 is 0 Å². The van der Waals surface area contributed by atoms with Gasteiger partial charge in [0, 0.05) is 7.11 Å². The molecule has 1 fully saturated rings. The van der Waals surface area contributed by atoms with Gasteiger partial charge in [-0.1, -0.05) is 13.3 Å². The van der Waals surface area contributed by atoms with Crippen molar-refractivity contribution in [3.05, 3.63) is 15.6 Å². The summed E-state index contributed by atoms with van der Waals surface area (Å²) in [6, 6.07) is 0. The van der Waals surface area contributed by atoms with Gasteiger partial charge in [0.25, 0.3) is 0 Å². The van der Waals surface area contributed by atoms with E-state index in [1.54, 1.807) is 7.11 Å². The highest BCUT2D eigenvalue weighted by atomic mass is 32.1. The molecule has 1 aliphatic rings. The average molecular weight is 255 g/mol. The molecule has 0 unspecified atom stereocenters. The van der Waals surface area contributed by atoms with Crippen molar-refractivity contribution in [2.75, 3.05) is 7.11 Å². The second-order valence-corrected chi connectivity index (χ2v) is 5.40. The summed E-state index contributed by atoms with van der Waals surface area (Å²) in [5.74, 6) is -0.872. The Kier molecular flexibility index (Phi) is 3.49. The molecule has 0 aromatic carbocycles. The van der Waals surface area contributed by atoms with Crippen LogP contribution in [0.1, 0.15) is 53.0 Å². The molecule has 0 saturated heterocycles. The van der Waals surface area contributed by atoms with Gasteiger partial charge in [0.2, 0.25) is 0 Å². The summed E-state index contributed by atoms with van der Waals surface area (Å²) >= 11 is 1.28. The highest BCUT2D eigenvalue weighted by Gasteiger charge is 2.42. The topological polar surface area (TPSA) is 59.4 Å². The van der Waals surface area contributed by atoms with Crippen molar-refractivity contribution >= 4 is 17.3 Å². The quantitative estimate of drug-likeness (QED) is 0.879. The Balaban J connectivity index is 2.36. The zero-order valence-electron chi connectivity index (χ0n) is 10.2. The van der Waals surface area contributed by atoms with Crippen molar-refractivity contribution in [3.63, 3.8) is 0 Å². The molecule has 1 N–H and O–H groups in total. The fraction of sp³-hybridized carbons (Fsp3) is 0.667. The van der Waals surface area contributed by atoms with Crippen molar-refractivity contribution in [2.45, 2.75) is 44.6 Å². The van der Waals surface area contributed by atoms with E-state index in [0.29, 0.717) is 10.6 Å². The van der Waals surface area contributed by atoms with Gasteiger partial charge in [-0.15, -0.1) is 11.3 Å². The van der Waals surface area contributed by atoms with Crippen LogP contribution in [0.15, 0.2) is 0 Å². The summed E-state index contributed by atoms with van der Waals surface area (Å²) in [6.07, 6.45) is 4.64. The lowest BCUT2D eigenvalue weighted by Gasteiger charge is -2.38. The van der Waals surface area contributed by atoms with Crippen LogP contribution in [0, 0.1) is 0 Å². The molecule has 1 aromatic rings. The molecule has 0 atom stereocenters. The number of thiazole rings is 1. The first-order chi connectivity index (χ1) is 8.13. The first-order valence-corrected chi connectivity index (χ1v) is 6.73. The molecule has 5 heteroatoms. The molecule has 0 aliphatic heterocycles. The molecule has 0 bridgehead atoms. The largest absolute Gasteiger partial charge is 0.477 e. The zero-order chi connectivity index (χ0) is 12.5. The summed E-state index contributed by atoms with van der Waals surface area (Å²) in [5, 5.41) is 10.0. The van der Waals surface area contributed by atoms with Gasteiger partial charge in [-0.3, -0.25) is 0 Å². The molecule has 1 heterocycles. The van der Waals surface area contributed by atoms with Crippen molar-refractivity contribution in [3.8, 4) is 0 Å². The number of hydrogen-bond acceptors (Lipinski definition) is 4. The molecule has 17 heavy (non-hydrogen) atoms. The maximum atomic E-state index is 11.2. The smallest absolute Gasteiger partial charge is 0.347 e. The highest BCUT2D eigenvalue weighted by Crippen LogP contribution is 2.46. The van der Waals surface area contributed by atoms with Gasteiger partial charge in [0.15, 0.2) is 0 Å². The van der Waals surface area contributed by atoms with Gasteiger partial charge >= 0.3 is 5.97 Å². The summed E-state index contributed by atoms with van der Waals surface area (Å²) < 4.78 is 5.54. The van der Waals surface area contributed by atoms with E-state index in [4.69, 9.17) is 9.84 Å². The fourth-order valence-corrected chi connectivity index (χ4v) is 3.30. The van der Waals surface area contributed by atoms with Crippen LogP contribution in [0.2, 0.25) is 0 Å². The second-order valence-electron chi connectivity index (χ2n) is 4.40. The summed E-state index contributed by atoms with van der Waals surface area (Å²) in [6.45, 7) is 2.03. The number of carboxylic acid groups (broad SMARTS) is 1. The standard InChI is InChI=1S/C12H17NO3S/c1-3-5-8-9(10(14)15)17-11(13-8)12(16-2)6-4-7-12/h3-7H2,1-2H3,(H,14,15). The lowest BCUT2D eigenvalue weighted by molar-refractivity contribution is -0.0780. The third-order valence-electron chi connectivity index (χ3n) is 3.32. The Morgan fingerprint density at radius 3 is 2.71 bits per heavy atom. The van der Waals surface area contributed by atoms with Crippen LogP contribution < -0.4 is 0 Å². The minimum Gasteiger partial charge on any atom is -0.477 e. The predicted molar refractivity (Wildman–Crippen MR) is 65.6 cm³/mol. The summed E-state index contributed by atoms with van der Waals surface area (Å²) in [7, 11) is 1.68. The molecule has 0 radical (unpaired) electrons. The molecule has 2 rings (SSSR count). The van der Waals surface area contributed by atoms with Crippen molar-refractivity contribution < 1.29 is 14.6 Å². The van der Waals surface area contributed by atoms with E-state index in [0.717, 1.165) is 37.1 Å². The molecule has 4 nitrogen and oxygen atoms in total. The van der Waals surface area contributed by atoms with E-state index in [1.807, 2.05) is 6.92 Å². The molecule has 1 saturated carbocycles. The van der Waals surface area contributed by atoms with E-state index in [9.17, 15) is 4.79 Å². The maximum absolute atomic E-state index is 11.2. The van der Waals surface area contributed by atoms with E-state index < -0.39 is 5.97 Å². The van der Waals surface area contributed by atoms with Crippen LogP contribution in [0.4, 0.5) is 0 Å². The molecule has 0 spiro atoms. The summed E-state index contributed by atoms with van der Waals surface area (Å²) in [4.78, 5) is 16.0. The molecule has 0 amide bonds. The van der Waals surface area contributed by atoms with Crippen LogP contribution in [0.3, 0.4) is 0 Å². The first-order valence-electron chi connectivity index (χ1n) is 5.91. The first kappa shape index (κ1) is 12.5. The molecular weight excluding hydrogens is 238 g/mol. The number of aryl methyl sites for hydroxylation is 1. The molecular formula is C12H17NO3S. The van der Waals surface area contributed by atoms with Crippen LogP contribution in [0.5, 0.6) is 0 Å². The van der Waals surface area contributed by atoms with Crippen molar-refractivity contribution in [1.82, 2.24) is 4.98 Å². The van der Waals surface area contributed by atoms with Crippen LogP contribution in [0.25, 0.3) is 0 Å². The highest BCUT2D eigenvalue weighted by molar-refractivity contribution is 7.13. The Morgan fingerprint density at radius 2 is 2.29 bits per heavy atom. The third kappa shape index (κ3) is 2.09. The molecule has 94 valence electrons. The van der Waals surface area contributed by atoms with Gasteiger partial charge in [-0.2, -0.15) is 0 Å². The van der Waals surface area contributed by atoms with Crippen molar-refractivity contribution in [2.24, 2.45) is 0 Å². The monoisotopic (exact) mass is 255 g/mol. The van der Waals surface area contributed by atoms with Gasteiger partial charge < -0.3 is 9.84 Å². The minimum atomic E-state index is -0.872. The van der Waals surface area contributed by atoms with E-state index in [-0.39, 0.29) is 5.60 Å². The lowest BCUT2D eigenvalue weighted by Crippen LogP contribution is -2.35. The minimum absolute atomic E-state index is 0.305. The number of hydrogen-bond donors (Lipinski definition) is 1. The molecule has 1 aliphatic carbocycles. The van der Waals surface area contributed by atoms with Crippen LogP contribution in [-0.2, 0) is 16.8 Å². The number of methoxy groups -OCH3 is 1. The number of rotatable bonds is 5. The Morgan fingerprint density at radius 1 is 1.59 bits per heavy atom.